The first-order valence-electron chi connectivity index (χ1n) is 6.19. The molecule has 1 N–H and O–H groups in total. The largest absolute Gasteiger partial charge is 0.481 e. The summed E-state index contributed by atoms with van der Waals surface area (Å²) in [6.07, 6.45) is 0.677. The zero-order chi connectivity index (χ0) is 14.0. The van der Waals surface area contributed by atoms with E-state index in [1.807, 2.05) is 0 Å². The second-order valence-electron chi connectivity index (χ2n) is 4.80. The SMILES string of the molecule is CC(C(=O)O)c1ccc(CN2CCCS2(=O)=O)cc1. The molecule has 104 valence electrons. The standard InChI is InChI=1S/C13H17NO4S/c1-10(13(15)16)12-5-3-11(4-6-12)9-14-7-2-8-19(14,17)18/h3-6,10H,2,7-9H2,1H3,(H,15,16). The Bertz CT molecular complexity index is 565. The lowest BCUT2D eigenvalue weighted by molar-refractivity contribution is -0.138. The monoisotopic (exact) mass is 283 g/mol. The first kappa shape index (κ1) is 14.0. The summed E-state index contributed by atoms with van der Waals surface area (Å²) in [5.74, 6) is -1.19. The molecule has 1 saturated heterocycles. The van der Waals surface area contributed by atoms with Crippen molar-refractivity contribution in [1.82, 2.24) is 4.31 Å². The Morgan fingerprint density at radius 3 is 2.47 bits per heavy atom. The van der Waals surface area contributed by atoms with Crippen molar-refractivity contribution in [3.63, 3.8) is 0 Å². The number of carboxylic acids is 1. The Labute approximate surface area is 112 Å². The molecule has 0 aliphatic carbocycles. The lowest BCUT2D eigenvalue weighted by Gasteiger charge is -2.15. The first-order valence-corrected chi connectivity index (χ1v) is 7.80. The molecule has 0 amide bonds. The van der Waals surface area contributed by atoms with Gasteiger partial charge in [0.15, 0.2) is 0 Å². The lowest BCUT2D eigenvalue weighted by Crippen LogP contribution is -2.25. The Kier molecular flexibility index (Phi) is 3.91. The van der Waals surface area contributed by atoms with Gasteiger partial charge in [-0.05, 0) is 24.5 Å². The van der Waals surface area contributed by atoms with Gasteiger partial charge in [0.05, 0.1) is 11.7 Å². The third kappa shape index (κ3) is 3.13. The Morgan fingerprint density at radius 1 is 1.37 bits per heavy atom. The van der Waals surface area contributed by atoms with Crippen molar-refractivity contribution in [2.45, 2.75) is 25.8 Å². The minimum absolute atomic E-state index is 0.223. The molecule has 1 unspecified atom stereocenters. The molecular weight excluding hydrogens is 266 g/mol. The van der Waals surface area contributed by atoms with Gasteiger partial charge in [0.25, 0.3) is 0 Å². The predicted octanol–water partition coefficient (Wildman–Crippen LogP) is 1.41. The van der Waals surface area contributed by atoms with Gasteiger partial charge in [-0.25, -0.2) is 8.42 Å². The predicted molar refractivity (Wildman–Crippen MR) is 71.3 cm³/mol. The van der Waals surface area contributed by atoms with Crippen LogP contribution in [0.25, 0.3) is 0 Å². The van der Waals surface area contributed by atoms with Gasteiger partial charge in [0.2, 0.25) is 10.0 Å². The van der Waals surface area contributed by atoms with Crippen LogP contribution in [0.3, 0.4) is 0 Å². The fourth-order valence-electron chi connectivity index (χ4n) is 2.13. The number of aliphatic carboxylic acids is 1. The molecule has 19 heavy (non-hydrogen) atoms. The summed E-state index contributed by atoms with van der Waals surface area (Å²) in [6.45, 7) is 2.56. The quantitative estimate of drug-likeness (QED) is 0.906. The maximum atomic E-state index is 11.7. The van der Waals surface area contributed by atoms with Crippen molar-refractivity contribution in [3.05, 3.63) is 35.4 Å². The molecule has 1 aromatic rings. The van der Waals surface area contributed by atoms with E-state index in [0.717, 1.165) is 11.1 Å². The molecule has 2 rings (SSSR count). The highest BCUT2D eigenvalue weighted by Gasteiger charge is 2.27. The highest BCUT2D eigenvalue weighted by molar-refractivity contribution is 7.89. The molecule has 0 spiro atoms. The first-order chi connectivity index (χ1) is 8.90. The van der Waals surface area contributed by atoms with Gasteiger partial charge >= 0.3 is 5.97 Å². The van der Waals surface area contributed by atoms with Crippen molar-refractivity contribution >= 4 is 16.0 Å². The zero-order valence-corrected chi connectivity index (χ0v) is 11.6. The molecule has 1 atom stereocenters. The summed E-state index contributed by atoms with van der Waals surface area (Å²) in [4.78, 5) is 10.9. The van der Waals surface area contributed by atoms with E-state index >= 15 is 0 Å². The number of hydrogen-bond donors (Lipinski definition) is 1. The van der Waals surface area contributed by atoms with Gasteiger partial charge in [-0.15, -0.1) is 0 Å². The van der Waals surface area contributed by atoms with Crippen molar-refractivity contribution in [2.24, 2.45) is 0 Å². The molecule has 1 heterocycles. The Hall–Kier alpha value is -1.40. The summed E-state index contributed by atoms with van der Waals surface area (Å²) in [5, 5.41) is 8.92. The zero-order valence-electron chi connectivity index (χ0n) is 10.7. The molecule has 1 aromatic carbocycles. The maximum absolute atomic E-state index is 11.7. The van der Waals surface area contributed by atoms with Gasteiger partial charge in [-0.3, -0.25) is 4.79 Å². The smallest absolute Gasteiger partial charge is 0.310 e. The minimum Gasteiger partial charge on any atom is -0.481 e. The van der Waals surface area contributed by atoms with Gasteiger partial charge in [-0.2, -0.15) is 4.31 Å². The average Bonchev–Trinajstić information content (AvgIpc) is 2.69. The molecule has 1 fully saturated rings. The summed E-state index contributed by atoms with van der Waals surface area (Å²) in [6, 6.07) is 7.08. The number of rotatable bonds is 4. The van der Waals surface area contributed by atoms with E-state index in [2.05, 4.69) is 0 Å². The van der Waals surface area contributed by atoms with Crippen LogP contribution in [0.15, 0.2) is 24.3 Å². The van der Waals surface area contributed by atoms with Crippen molar-refractivity contribution in [1.29, 1.82) is 0 Å². The van der Waals surface area contributed by atoms with E-state index in [4.69, 9.17) is 5.11 Å². The van der Waals surface area contributed by atoms with Crippen LogP contribution in [-0.2, 0) is 21.4 Å². The van der Waals surface area contributed by atoms with Crippen LogP contribution in [-0.4, -0.2) is 36.1 Å². The molecule has 1 aliphatic heterocycles. The topological polar surface area (TPSA) is 74.7 Å². The van der Waals surface area contributed by atoms with Crippen LogP contribution in [0.1, 0.15) is 30.4 Å². The summed E-state index contributed by atoms with van der Waals surface area (Å²) < 4.78 is 24.8. The second kappa shape index (κ2) is 5.30. The fourth-order valence-corrected chi connectivity index (χ4v) is 3.63. The van der Waals surface area contributed by atoms with E-state index < -0.39 is 21.9 Å². The molecule has 0 saturated carbocycles. The van der Waals surface area contributed by atoms with Gasteiger partial charge in [0, 0.05) is 13.1 Å². The molecule has 5 nitrogen and oxygen atoms in total. The molecule has 0 aromatic heterocycles. The number of carboxylic acid groups (broad SMARTS) is 1. The van der Waals surface area contributed by atoms with E-state index in [0.29, 0.717) is 19.5 Å². The van der Waals surface area contributed by atoms with Gasteiger partial charge in [-0.1, -0.05) is 24.3 Å². The molecule has 0 bridgehead atoms. The minimum atomic E-state index is -3.09. The number of sulfonamides is 1. The molecule has 6 heteroatoms. The molecule has 1 aliphatic rings. The number of benzene rings is 1. The summed E-state index contributed by atoms with van der Waals surface area (Å²) in [7, 11) is -3.09. The van der Waals surface area contributed by atoms with Crippen LogP contribution in [0.5, 0.6) is 0 Å². The van der Waals surface area contributed by atoms with Crippen LogP contribution in [0.4, 0.5) is 0 Å². The number of hydrogen-bond acceptors (Lipinski definition) is 3. The van der Waals surface area contributed by atoms with E-state index in [1.54, 1.807) is 31.2 Å². The highest BCUT2D eigenvalue weighted by Crippen LogP contribution is 2.20. The van der Waals surface area contributed by atoms with Crippen LogP contribution in [0.2, 0.25) is 0 Å². The maximum Gasteiger partial charge on any atom is 0.310 e. The van der Waals surface area contributed by atoms with Gasteiger partial charge < -0.3 is 5.11 Å². The van der Waals surface area contributed by atoms with E-state index in [1.165, 1.54) is 4.31 Å². The van der Waals surface area contributed by atoms with Crippen LogP contribution in [0, 0.1) is 0 Å². The number of nitrogens with zero attached hydrogens (tertiary/aromatic N) is 1. The lowest BCUT2D eigenvalue weighted by atomic mass is 10.0. The van der Waals surface area contributed by atoms with Crippen LogP contribution >= 0.6 is 0 Å². The van der Waals surface area contributed by atoms with E-state index in [9.17, 15) is 13.2 Å². The molecular formula is C13H17NO4S. The normalized spacial score (nSPS) is 20.3. The van der Waals surface area contributed by atoms with Gasteiger partial charge in [0.1, 0.15) is 0 Å². The summed E-state index contributed by atoms with van der Waals surface area (Å²) in [5.41, 5.74) is 1.60. The average molecular weight is 283 g/mol. The van der Waals surface area contributed by atoms with Crippen molar-refractivity contribution in [2.75, 3.05) is 12.3 Å². The van der Waals surface area contributed by atoms with E-state index in [-0.39, 0.29) is 5.75 Å². The highest BCUT2D eigenvalue weighted by atomic mass is 32.2. The third-order valence-electron chi connectivity index (χ3n) is 3.41. The Morgan fingerprint density at radius 2 is 2.00 bits per heavy atom. The van der Waals surface area contributed by atoms with Crippen molar-refractivity contribution < 1.29 is 18.3 Å². The second-order valence-corrected chi connectivity index (χ2v) is 6.89. The fraction of sp³-hybridized carbons (Fsp3) is 0.462. The summed E-state index contributed by atoms with van der Waals surface area (Å²) >= 11 is 0. The van der Waals surface area contributed by atoms with Crippen LogP contribution < -0.4 is 0 Å². The Balaban J connectivity index is 2.09. The van der Waals surface area contributed by atoms with Crippen molar-refractivity contribution in [3.8, 4) is 0 Å². The molecule has 0 radical (unpaired) electrons. The number of carbonyl (C=O) groups is 1. The third-order valence-corrected chi connectivity index (χ3v) is 5.32.